The van der Waals surface area contributed by atoms with Crippen LogP contribution < -0.4 is 4.74 Å². The average Bonchev–Trinajstić information content (AvgIpc) is 2.40. The summed E-state index contributed by atoms with van der Waals surface area (Å²) in [5.41, 5.74) is 0.506. The molecule has 0 radical (unpaired) electrons. The van der Waals surface area contributed by atoms with Crippen molar-refractivity contribution in [3.05, 3.63) is 52.5 Å². The molecule has 0 N–H and O–H groups in total. The molecule has 0 aliphatic carbocycles. The van der Waals surface area contributed by atoms with Crippen molar-refractivity contribution in [2.45, 2.75) is 4.90 Å². The summed E-state index contributed by atoms with van der Waals surface area (Å²) in [6.07, 6.45) is 2.03. The zero-order valence-corrected chi connectivity index (χ0v) is 12.1. The van der Waals surface area contributed by atoms with E-state index >= 15 is 0 Å². The summed E-state index contributed by atoms with van der Waals surface area (Å²) < 4.78 is 6.46. The molecule has 0 heterocycles. The number of ether oxygens (including phenoxy) is 1. The van der Waals surface area contributed by atoms with Crippen LogP contribution >= 0.6 is 27.7 Å². The minimum absolute atomic E-state index is 0.506. The lowest BCUT2D eigenvalue weighted by Gasteiger charge is -2.08. The van der Waals surface area contributed by atoms with Gasteiger partial charge in [0.1, 0.15) is 23.1 Å². The molecule has 4 heteroatoms. The standard InChI is InChI=1S/C14H10BrNOS/c1-18-11-7-5-10(6-8-11)17-14-4-2-3-13(15)12(14)9-16/h2-8H,1H3. The Morgan fingerprint density at radius 2 is 1.89 bits per heavy atom. The number of hydrogen-bond donors (Lipinski definition) is 0. The van der Waals surface area contributed by atoms with Crippen LogP contribution in [-0.2, 0) is 0 Å². The minimum atomic E-state index is 0.506. The Morgan fingerprint density at radius 1 is 1.17 bits per heavy atom. The van der Waals surface area contributed by atoms with E-state index in [2.05, 4.69) is 22.0 Å². The molecule has 18 heavy (non-hydrogen) atoms. The third-order valence-electron chi connectivity index (χ3n) is 2.37. The van der Waals surface area contributed by atoms with E-state index in [9.17, 15) is 0 Å². The van der Waals surface area contributed by atoms with Gasteiger partial charge in [0.05, 0.1) is 0 Å². The molecule has 2 aromatic rings. The van der Waals surface area contributed by atoms with Gasteiger partial charge in [-0.2, -0.15) is 5.26 Å². The van der Waals surface area contributed by atoms with Gasteiger partial charge in [0, 0.05) is 9.37 Å². The molecule has 2 rings (SSSR count). The highest BCUT2D eigenvalue weighted by atomic mass is 79.9. The van der Waals surface area contributed by atoms with Gasteiger partial charge in [-0.25, -0.2) is 0 Å². The highest BCUT2D eigenvalue weighted by molar-refractivity contribution is 9.10. The lowest BCUT2D eigenvalue weighted by Crippen LogP contribution is -1.89. The predicted molar refractivity (Wildman–Crippen MR) is 77.2 cm³/mol. The number of halogens is 1. The smallest absolute Gasteiger partial charge is 0.146 e. The summed E-state index contributed by atoms with van der Waals surface area (Å²) in [5, 5.41) is 9.10. The summed E-state index contributed by atoms with van der Waals surface area (Å²) in [6.45, 7) is 0. The number of rotatable bonds is 3. The van der Waals surface area contributed by atoms with Crippen LogP contribution in [0.4, 0.5) is 0 Å². The van der Waals surface area contributed by atoms with Crippen molar-refractivity contribution in [2.24, 2.45) is 0 Å². The Labute approximate surface area is 119 Å². The fourth-order valence-electron chi connectivity index (χ4n) is 1.47. The molecule has 0 saturated heterocycles. The van der Waals surface area contributed by atoms with Gasteiger partial charge >= 0.3 is 0 Å². The molecule has 0 aliphatic rings. The van der Waals surface area contributed by atoms with Crippen LogP contribution in [0.1, 0.15) is 5.56 Å². The van der Waals surface area contributed by atoms with Crippen LogP contribution in [0.15, 0.2) is 51.8 Å². The number of hydrogen-bond acceptors (Lipinski definition) is 3. The van der Waals surface area contributed by atoms with Crippen LogP contribution in [0, 0.1) is 11.3 Å². The van der Waals surface area contributed by atoms with Crippen LogP contribution in [0.3, 0.4) is 0 Å². The highest BCUT2D eigenvalue weighted by Crippen LogP contribution is 2.30. The zero-order valence-electron chi connectivity index (χ0n) is 9.68. The number of nitriles is 1. The molecule has 0 aliphatic heterocycles. The molecule has 0 spiro atoms. The number of nitrogens with zero attached hydrogens (tertiary/aromatic N) is 1. The third kappa shape index (κ3) is 2.87. The van der Waals surface area contributed by atoms with Crippen molar-refractivity contribution in [2.75, 3.05) is 6.26 Å². The molecule has 90 valence electrons. The van der Waals surface area contributed by atoms with Crippen LogP contribution in [0.5, 0.6) is 11.5 Å². The van der Waals surface area contributed by atoms with E-state index in [0.29, 0.717) is 11.3 Å². The van der Waals surface area contributed by atoms with E-state index in [1.807, 2.05) is 42.7 Å². The molecule has 2 nitrogen and oxygen atoms in total. The van der Waals surface area contributed by atoms with Gasteiger partial charge in [-0.05, 0) is 58.6 Å². The van der Waals surface area contributed by atoms with Gasteiger partial charge in [-0.3, -0.25) is 0 Å². The Hall–Kier alpha value is -1.44. The van der Waals surface area contributed by atoms with Crippen LogP contribution in [-0.4, -0.2) is 6.26 Å². The molecule has 0 amide bonds. The van der Waals surface area contributed by atoms with Crippen molar-refractivity contribution in [3.8, 4) is 17.6 Å². The molecule has 2 aromatic carbocycles. The van der Waals surface area contributed by atoms with Gasteiger partial charge in [-0.1, -0.05) is 6.07 Å². The first-order chi connectivity index (χ1) is 8.74. The lowest BCUT2D eigenvalue weighted by atomic mass is 10.2. The van der Waals surface area contributed by atoms with Crippen LogP contribution in [0.2, 0.25) is 0 Å². The molecular weight excluding hydrogens is 310 g/mol. The number of thioether (sulfide) groups is 1. The average molecular weight is 320 g/mol. The van der Waals surface area contributed by atoms with E-state index in [1.165, 1.54) is 4.90 Å². The van der Waals surface area contributed by atoms with E-state index in [-0.39, 0.29) is 0 Å². The van der Waals surface area contributed by atoms with Gasteiger partial charge in [0.25, 0.3) is 0 Å². The predicted octanol–water partition coefficient (Wildman–Crippen LogP) is 4.83. The quantitative estimate of drug-likeness (QED) is 0.759. The van der Waals surface area contributed by atoms with E-state index in [0.717, 1.165) is 10.2 Å². The van der Waals surface area contributed by atoms with Crippen LogP contribution in [0.25, 0.3) is 0 Å². The van der Waals surface area contributed by atoms with E-state index in [1.54, 1.807) is 17.8 Å². The first kappa shape index (κ1) is 13.0. The largest absolute Gasteiger partial charge is 0.456 e. The molecule has 0 fully saturated rings. The highest BCUT2D eigenvalue weighted by Gasteiger charge is 2.07. The van der Waals surface area contributed by atoms with Crippen molar-refractivity contribution in [1.29, 1.82) is 5.26 Å². The molecule has 0 bridgehead atoms. The Kier molecular flexibility index (Phi) is 4.29. The van der Waals surface area contributed by atoms with Gasteiger partial charge < -0.3 is 4.74 Å². The summed E-state index contributed by atoms with van der Waals surface area (Å²) in [5.74, 6) is 1.28. The molecule has 0 saturated carbocycles. The number of benzene rings is 2. The third-order valence-corrected chi connectivity index (χ3v) is 3.78. The maximum absolute atomic E-state index is 9.10. The second kappa shape index (κ2) is 5.94. The Balaban J connectivity index is 2.28. The summed E-state index contributed by atoms with van der Waals surface area (Å²) in [4.78, 5) is 1.18. The van der Waals surface area contributed by atoms with Crippen molar-refractivity contribution in [1.82, 2.24) is 0 Å². The van der Waals surface area contributed by atoms with Gasteiger partial charge in [0.15, 0.2) is 0 Å². The second-order valence-corrected chi connectivity index (χ2v) is 5.24. The Morgan fingerprint density at radius 3 is 2.50 bits per heavy atom. The van der Waals surface area contributed by atoms with Gasteiger partial charge in [0.2, 0.25) is 0 Å². The first-order valence-electron chi connectivity index (χ1n) is 5.25. The zero-order chi connectivity index (χ0) is 13.0. The maximum atomic E-state index is 9.10. The maximum Gasteiger partial charge on any atom is 0.146 e. The normalized spacial score (nSPS) is 9.83. The fourth-order valence-corrected chi connectivity index (χ4v) is 2.31. The lowest BCUT2D eigenvalue weighted by molar-refractivity contribution is 0.480. The molecular formula is C14H10BrNOS. The van der Waals surface area contributed by atoms with E-state index < -0.39 is 0 Å². The SMILES string of the molecule is CSc1ccc(Oc2cccc(Br)c2C#N)cc1. The molecule has 0 atom stereocenters. The fraction of sp³-hybridized carbons (Fsp3) is 0.0714. The van der Waals surface area contributed by atoms with E-state index in [4.69, 9.17) is 10.00 Å². The summed E-state index contributed by atoms with van der Waals surface area (Å²) in [7, 11) is 0. The minimum Gasteiger partial charge on any atom is -0.456 e. The monoisotopic (exact) mass is 319 g/mol. The Bertz CT molecular complexity index is 590. The molecule has 0 aromatic heterocycles. The van der Waals surface area contributed by atoms with Crippen molar-refractivity contribution in [3.63, 3.8) is 0 Å². The summed E-state index contributed by atoms with van der Waals surface area (Å²) in [6, 6.07) is 15.4. The second-order valence-electron chi connectivity index (χ2n) is 3.50. The topological polar surface area (TPSA) is 33.0 Å². The first-order valence-corrected chi connectivity index (χ1v) is 7.27. The van der Waals surface area contributed by atoms with Crippen molar-refractivity contribution < 1.29 is 4.74 Å². The molecule has 0 unspecified atom stereocenters. The van der Waals surface area contributed by atoms with Gasteiger partial charge in [-0.15, -0.1) is 11.8 Å². The summed E-state index contributed by atoms with van der Waals surface area (Å²) >= 11 is 5.02. The van der Waals surface area contributed by atoms with Crippen molar-refractivity contribution >= 4 is 27.7 Å².